The van der Waals surface area contributed by atoms with Gasteiger partial charge in [0.15, 0.2) is 0 Å². The normalized spacial score (nSPS) is 12.4. The number of nitrogens with one attached hydrogen (secondary N) is 1. The van der Waals surface area contributed by atoms with E-state index in [0.717, 1.165) is 0 Å². The molecule has 0 aromatic heterocycles. The van der Waals surface area contributed by atoms with Gasteiger partial charge >= 0.3 is 0 Å². The Morgan fingerprint density at radius 2 is 1.60 bits per heavy atom. The second-order valence-electron chi connectivity index (χ2n) is 8.05. The highest BCUT2D eigenvalue weighted by atomic mass is 35.5. The van der Waals surface area contributed by atoms with Gasteiger partial charge in [-0.15, -0.1) is 0 Å². The first-order chi connectivity index (χ1) is 13.9. The van der Waals surface area contributed by atoms with Gasteiger partial charge in [-0.05, 0) is 57.5 Å². The Morgan fingerprint density at radius 3 is 2.13 bits per heavy atom. The van der Waals surface area contributed by atoms with Crippen molar-refractivity contribution in [3.8, 4) is 0 Å². The van der Waals surface area contributed by atoms with Gasteiger partial charge in [0, 0.05) is 37.7 Å². The zero-order valence-corrected chi connectivity index (χ0v) is 20.3. The summed E-state index contributed by atoms with van der Waals surface area (Å²) in [5.41, 5.74) is 0.748. The Morgan fingerprint density at radius 1 is 1.00 bits per heavy atom. The first kappa shape index (κ1) is 24.8. The summed E-state index contributed by atoms with van der Waals surface area (Å²) in [6.07, 6.45) is 0.00517. The van der Waals surface area contributed by atoms with Crippen molar-refractivity contribution in [3.63, 3.8) is 0 Å². The molecule has 2 aromatic carbocycles. The molecule has 0 bridgehead atoms. The van der Waals surface area contributed by atoms with Crippen molar-refractivity contribution < 1.29 is 9.59 Å². The van der Waals surface area contributed by atoms with Crippen LogP contribution in [0, 0.1) is 0 Å². The molecule has 2 amide bonds. The molecule has 0 unspecified atom stereocenters. The van der Waals surface area contributed by atoms with Gasteiger partial charge < -0.3 is 10.2 Å². The van der Waals surface area contributed by atoms with Gasteiger partial charge in [0.2, 0.25) is 11.8 Å². The minimum Gasteiger partial charge on any atom is -0.350 e. The summed E-state index contributed by atoms with van der Waals surface area (Å²) in [5, 5.41) is 4.63. The largest absolute Gasteiger partial charge is 0.350 e. The Bertz CT molecular complexity index is 921. The second kappa shape index (κ2) is 10.2. The van der Waals surface area contributed by atoms with E-state index in [1.807, 2.05) is 20.8 Å². The third-order valence-corrected chi connectivity index (χ3v) is 5.71. The summed E-state index contributed by atoms with van der Waals surface area (Å²) in [6, 6.07) is 9.31. The average Bonchev–Trinajstić information content (AvgIpc) is 2.62. The van der Waals surface area contributed by atoms with E-state index in [0.29, 0.717) is 31.2 Å². The molecule has 0 aliphatic heterocycles. The number of benzene rings is 2. The van der Waals surface area contributed by atoms with Crippen molar-refractivity contribution >= 4 is 58.2 Å². The van der Waals surface area contributed by atoms with Crippen molar-refractivity contribution in [2.24, 2.45) is 0 Å². The van der Waals surface area contributed by atoms with Crippen LogP contribution in [0.25, 0.3) is 0 Å². The zero-order chi connectivity index (χ0) is 22.6. The summed E-state index contributed by atoms with van der Waals surface area (Å²) in [5.74, 6) is -0.562. The van der Waals surface area contributed by atoms with Gasteiger partial charge in [-0.3, -0.25) is 9.59 Å². The lowest BCUT2D eigenvalue weighted by Crippen LogP contribution is -2.52. The Balaban J connectivity index is 2.36. The molecule has 4 nitrogen and oxygen atoms in total. The molecule has 1 N–H and O–H groups in total. The van der Waals surface area contributed by atoms with Crippen molar-refractivity contribution in [1.82, 2.24) is 10.2 Å². The monoisotopic (exact) mass is 488 g/mol. The summed E-state index contributed by atoms with van der Waals surface area (Å²) >= 11 is 24.8. The van der Waals surface area contributed by atoms with Crippen LogP contribution < -0.4 is 5.32 Å². The molecule has 0 aliphatic carbocycles. The SMILES string of the molecule is C[C@H](C(=O)NC(C)(C)C)N(Cc1c(Cl)cccc1Cl)C(=O)Cc1ccc(Cl)cc1Cl. The van der Waals surface area contributed by atoms with Gasteiger partial charge in [-0.25, -0.2) is 0 Å². The molecule has 162 valence electrons. The maximum atomic E-state index is 13.3. The molecule has 0 fully saturated rings. The fourth-order valence-electron chi connectivity index (χ4n) is 2.84. The van der Waals surface area contributed by atoms with Crippen molar-refractivity contribution in [2.75, 3.05) is 0 Å². The molecule has 0 aliphatic rings. The minimum atomic E-state index is -0.754. The van der Waals surface area contributed by atoms with E-state index in [9.17, 15) is 9.59 Å². The number of nitrogens with zero attached hydrogens (tertiary/aromatic N) is 1. The Hall–Kier alpha value is -1.46. The molecule has 30 heavy (non-hydrogen) atoms. The third-order valence-electron chi connectivity index (χ3n) is 4.41. The average molecular weight is 490 g/mol. The van der Waals surface area contributed by atoms with Crippen molar-refractivity contribution in [3.05, 3.63) is 67.6 Å². The molecule has 2 rings (SSSR count). The quantitative estimate of drug-likeness (QED) is 0.527. The van der Waals surface area contributed by atoms with Crippen LogP contribution in [-0.4, -0.2) is 28.3 Å². The van der Waals surface area contributed by atoms with E-state index in [1.54, 1.807) is 43.3 Å². The summed E-state index contributed by atoms with van der Waals surface area (Å²) in [4.78, 5) is 27.5. The first-order valence-corrected chi connectivity index (χ1v) is 10.9. The highest BCUT2D eigenvalue weighted by Gasteiger charge is 2.29. The standard InChI is InChI=1S/C22H24Cl4N2O2/c1-13(21(30)27-22(2,3)4)28(12-16-17(24)6-5-7-18(16)25)20(29)10-14-8-9-15(23)11-19(14)26/h5-9,11,13H,10,12H2,1-4H3,(H,27,30)/t13-/m1/s1. The van der Waals surface area contributed by atoms with E-state index in [1.165, 1.54) is 4.90 Å². The van der Waals surface area contributed by atoms with Crippen LogP contribution >= 0.6 is 46.4 Å². The van der Waals surface area contributed by atoms with E-state index in [2.05, 4.69) is 5.32 Å². The number of halogens is 4. The van der Waals surface area contributed by atoms with Crippen molar-refractivity contribution in [1.29, 1.82) is 0 Å². The maximum Gasteiger partial charge on any atom is 0.242 e. The van der Waals surface area contributed by atoms with Gasteiger partial charge in [0.05, 0.1) is 6.42 Å². The van der Waals surface area contributed by atoms with Crippen LogP contribution in [0.1, 0.15) is 38.8 Å². The lowest BCUT2D eigenvalue weighted by atomic mass is 10.1. The molecule has 0 saturated heterocycles. The van der Waals surface area contributed by atoms with E-state index >= 15 is 0 Å². The highest BCUT2D eigenvalue weighted by molar-refractivity contribution is 6.36. The number of hydrogen-bond donors (Lipinski definition) is 1. The van der Waals surface area contributed by atoms with Crippen LogP contribution in [0.5, 0.6) is 0 Å². The van der Waals surface area contributed by atoms with Crippen LogP contribution in [0.15, 0.2) is 36.4 Å². The topological polar surface area (TPSA) is 49.4 Å². The van der Waals surface area contributed by atoms with Crippen molar-refractivity contribution in [2.45, 2.75) is 52.2 Å². The zero-order valence-electron chi connectivity index (χ0n) is 17.2. The lowest BCUT2D eigenvalue weighted by Gasteiger charge is -2.32. The Kier molecular flexibility index (Phi) is 8.46. The molecule has 1 atom stereocenters. The molecule has 0 saturated carbocycles. The van der Waals surface area contributed by atoms with E-state index in [4.69, 9.17) is 46.4 Å². The molecular weight excluding hydrogens is 466 g/mol. The maximum absolute atomic E-state index is 13.3. The summed E-state index contributed by atoms with van der Waals surface area (Å²) < 4.78 is 0. The van der Waals surface area contributed by atoms with Crippen LogP contribution in [0.4, 0.5) is 0 Å². The van der Waals surface area contributed by atoms with Gasteiger partial charge in [-0.2, -0.15) is 0 Å². The molecule has 2 aromatic rings. The number of carbonyl (C=O) groups is 2. The minimum absolute atomic E-state index is 0.00517. The highest BCUT2D eigenvalue weighted by Crippen LogP contribution is 2.28. The second-order valence-corrected chi connectivity index (χ2v) is 9.71. The van der Waals surface area contributed by atoms with Gasteiger partial charge in [0.1, 0.15) is 6.04 Å². The summed E-state index contributed by atoms with van der Waals surface area (Å²) in [7, 11) is 0. The van der Waals surface area contributed by atoms with E-state index < -0.39 is 11.6 Å². The molecule has 0 radical (unpaired) electrons. The van der Waals surface area contributed by atoms with Crippen LogP contribution in [0.3, 0.4) is 0 Å². The number of hydrogen-bond acceptors (Lipinski definition) is 2. The first-order valence-electron chi connectivity index (χ1n) is 9.37. The molecule has 0 heterocycles. The fourth-order valence-corrected chi connectivity index (χ4v) is 3.83. The third kappa shape index (κ3) is 6.78. The lowest BCUT2D eigenvalue weighted by molar-refractivity contribution is -0.140. The Labute approximate surface area is 197 Å². The smallest absolute Gasteiger partial charge is 0.242 e. The predicted octanol–water partition coefficient (Wildman–Crippen LogP) is 6.17. The number of amides is 2. The number of carbonyl (C=O) groups excluding carboxylic acids is 2. The molecule has 8 heteroatoms. The predicted molar refractivity (Wildman–Crippen MR) is 125 cm³/mol. The fraction of sp³-hybridized carbons (Fsp3) is 0.364. The molecular formula is C22H24Cl4N2O2. The summed E-state index contributed by atoms with van der Waals surface area (Å²) in [6.45, 7) is 7.39. The molecule has 0 spiro atoms. The van der Waals surface area contributed by atoms with Gasteiger partial charge in [0.25, 0.3) is 0 Å². The van der Waals surface area contributed by atoms with Crippen LogP contribution in [0.2, 0.25) is 20.1 Å². The van der Waals surface area contributed by atoms with Gasteiger partial charge in [-0.1, -0.05) is 58.5 Å². The van der Waals surface area contributed by atoms with E-state index in [-0.39, 0.29) is 24.8 Å². The van der Waals surface area contributed by atoms with Crippen LogP contribution in [-0.2, 0) is 22.6 Å². The number of rotatable bonds is 6.